The summed E-state index contributed by atoms with van der Waals surface area (Å²) in [5, 5.41) is 0. The lowest BCUT2D eigenvalue weighted by atomic mass is 9.90. The summed E-state index contributed by atoms with van der Waals surface area (Å²) in [6, 6.07) is 0. The second kappa shape index (κ2) is 5.63. The van der Waals surface area contributed by atoms with E-state index in [-0.39, 0.29) is 11.4 Å². The Morgan fingerprint density at radius 1 is 1.43 bits per heavy atom. The van der Waals surface area contributed by atoms with Crippen molar-refractivity contribution in [2.45, 2.75) is 34.1 Å². The third-order valence-corrected chi connectivity index (χ3v) is 1.89. The number of esters is 1. The van der Waals surface area contributed by atoms with E-state index in [4.69, 9.17) is 4.74 Å². The first-order chi connectivity index (χ1) is 6.37. The van der Waals surface area contributed by atoms with Gasteiger partial charge in [-0.2, -0.15) is 0 Å². The minimum Gasteiger partial charge on any atom is -0.461 e. The van der Waals surface area contributed by atoms with Crippen molar-refractivity contribution in [2.24, 2.45) is 5.41 Å². The summed E-state index contributed by atoms with van der Waals surface area (Å²) in [4.78, 5) is 11.3. The molecule has 0 atom stereocenters. The summed E-state index contributed by atoms with van der Waals surface area (Å²) in [5.41, 5.74) is 0.975. The Balaban J connectivity index is 3.88. The number of hydrogen-bond acceptors (Lipinski definition) is 2. The first kappa shape index (κ1) is 12.9. The van der Waals surface area contributed by atoms with Crippen LogP contribution < -0.4 is 0 Å². The maximum Gasteiger partial charge on any atom is 0.306 e. The number of ether oxygens (including phenoxy) is 1. The monoisotopic (exact) mass is 196 g/mol. The molecular weight excluding hydrogens is 176 g/mol. The number of carbonyl (C=O) groups excluding carboxylic acids is 1. The van der Waals surface area contributed by atoms with Crippen LogP contribution in [0.15, 0.2) is 24.3 Å². The summed E-state index contributed by atoms with van der Waals surface area (Å²) in [6.45, 7) is 11.9. The van der Waals surface area contributed by atoms with Gasteiger partial charge in [0.1, 0.15) is 6.61 Å². The largest absolute Gasteiger partial charge is 0.461 e. The molecule has 0 aromatic carbocycles. The molecule has 0 radical (unpaired) electrons. The molecule has 0 saturated carbocycles. The van der Waals surface area contributed by atoms with Crippen molar-refractivity contribution < 1.29 is 9.53 Å². The summed E-state index contributed by atoms with van der Waals surface area (Å²) < 4.78 is 5.03. The molecule has 0 aromatic rings. The van der Waals surface area contributed by atoms with Gasteiger partial charge in [0.2, 0.25) is 0 Å². The predicted octanol–water partition coefficient (Wildman–Crippen LogP) is 3.10. The van der Waals surface area contributed by atoms with Gasteiger partial charge in [0.25, 0.3) is 0 Å². The average molecular weight is 196 g/mol. The number of carbonyl (C=O) groups is 1. The summed E-state index contributed by atoms with van der Waals surface area (Å²) >= 11 is 0. The van der Waals surface area contributed by atoms with Crippen LogP contribution in [0, 0.1) is 5.41 Å². The Morgan fingerprint density at radius 2 is 2.00 bits per heavy atom. The van der Waals surface area contributed by atoms with Crippen LogP contribution in [0.5, 0.6) is 0 Å². The second-order valence-corrected chi connectivity index (χ2v) is 4.33. The molecule has 0 N–H and O–H groups in total. The standard InChI is InChI=1S/C12H20O2/c1-6-12(4,5)9-11(13)14-8-7-10(2)3/h6-7H,1,8-9H2,2-5H3. The van der Waals surface area contributed by atoms with Crippen molar-refractivity contribution in [3.8, 4) is 0 Å². The maximum absolute atomic E-state index is 11.3. The molecule has 14 heavy (non-hydrogen) atoms. The Hall–Kier alpha value is -1.05. The maximum atomic E-state index is 11.3. The van der Waals surface area contributed by atoms with Gasteiger partial charge in [0.05, 0.1) is 6.42 Å². The molecule has 0 unspecified atom stereocenters. The molecule has 2 heteroatoms. The third kappa shape index (κ3) is 6.46. The minimum atomic E-state index is -0.179. The van der Waals surface area contributed by atoms with E-state index in [1.807, 2.05) is 33.8 Å². The lowest BCUT2D eigenvalue weighted by Gasteiger charge is -2.17. The lowest BCUT2D eigenvalue weighted by molar-refractivity contribution is -0.144. The zero-order chi connectivity index (χ0) is 11.2. The molecule has 0 aromatic heterocycles. The fourth-order valence-corrected chi connectivity index (χ4v) is 0.796. The van der Waals surface area contributed by atoms with Gasteiger partial charge in [-0.1, -0.05) is 25.5 Å². The topological polar surface area (TPSA) is 26.3 Å². The van der Waals surface area contributed by atoms with Crippen LogP contribution >= 0.6 is 0 Å². The molecule has 0 bridgehead atoms. The molecule has 0 heterocycles. The normalized spacial score (nSPS) is 10.6. The lowest BCUT2D eigenvalue weighted by Crippen LogP contribution is -2.16. The summed E-state index contributed by atoms with van der Waals surface area (Å²) in [7, 11) is 0. The van der Waals surface area contributed by atoms with E-state index in [0.717, 1.165) is 5.57 Å². The molecule has 0 spiro atoms. The highest BCUT2D eigenvalue weighted by atomic mass is 16.5. The molecule has 0 fully saturated rings. The first-order valence-electron chi connectivity index (χ1n) is 4.80. The Morgan fingerprint density at radius 3 is 2.43 bits per heavy atom. The van der Waals surface area contributed by atoms with Crippen molar-refractivity contribution >= 4 is 5.97 Å². The van der Waals surface area contributed by atoms with Crippen LogP contribution in [-0.4, -0.2) is 12.6 Å². The van der Waals surface area contributed by atoms with Crippen molar-refractivity contribution in [3.63, 3.8) is 0 Å². The molecule has 80 valence electrons. The van der Waals surface area contributed by atoms with Crippen molar-refractivity contribution in [2.75, 3.05) is 6.61 Å². The van der Waals surface area contributed by atoms with Crippen molar-refractivity contribution in [3.05, 3.63) is 24.3 Å². The Labute approximate surface area is 86.6 Å². The van der Waals surface area contributed by atoms with Crippen LogP contribution in [0.25, 0.3) is 0 Å². The van der Waals surface area contributed by atoms with Gasteiger partial charge >= 0.3 is 5.97 Å². The van der Waals surface area contributed by atoms with E-state index < -0.39 is 0 Å². The molecule has 0 amide bonds. The van der Waals surface area contributed by atoms with Crippen LogP contribution in [0.3, 0.4) is 0 Å². The molecular formula is C12H20O2. The fraction of sp³-hybridized carbons (Fsp3) is 0.583. The zero-order valence-electron chi connectivity index (χ0n) is 9.59. The van der Waals surface area contributed by atoms with E-state index in [2.05, 4.69) is 6.58 Å². The van der Waals surface area contributed by atoms with Gasteiger partial charge in [-0.3, -0.25) is 4.79 Å². The SMILES string of the molecule is C=CC(C)(C)CC(=O)OCC=C(C)C. The van der Waals surface area contributed by atoms with Gasteiger partial charge in [-0.15, -0.1) is 6.58 Å². The molecule has 0 saturated heterocycles. The molecule has 0 aliphatic heterocycles. The molecule has 2 nitrogen and oxygen atoms in total. The smallest absolute Gasteiger partial charge is 0.306 e. The van der Waals surface area contributed by atoms with Crippen LogP contribution in [0.2, 0.25) is 0 Å². The zero-order valence-corrected chi connectivity index (χ0v) is 9.59. The van der Waals surface area contributed by atoms with E-state index >= 15 is 0 Å². The average Bonchev–Trinajstić information content (AvgIpc) is 2.02. The van der Waals surface area contributed by atoms with Crippen LogP contribution in [-0.2, 0) is 9.53 Å². The predicted molar refractivity (Wildman–Crippen MR) is 59.0 cm³/mol. The third-order valence-electron chi connectivity index (χ3n) is 1.89. The van der Waals surface area contributed by atoms with Gasteiger partial charge in [0, 0.05) is 0 Å². The van der Waals surface area contributed by atoms with Crippen LogP contribution in [0.1, 0.15) is 34.1 Å². The molecule has 0 aliphatic rings. The van der Waals surface area contributed by atoms with Crippen LogP contribution in [0.4, 0.5) is 0 Å². The summed E-state index contributed by atoms with van der Waals surface area (Å²) in [6.07, 6.45) is 4.04. The van der Waals surface area contributed by atoms with Gasteiger partial charge in [-0.25, -0.2) is 0 Å². The van der Waals surface area contributed by atoms with Gasteiger partial charge < -0.3 is 4.74 Å². The number of rotatable bonds is 5. The minimum absolute atomic E-state index is 0.174. The van der Waals surface area contributed by atoms with Crippen molar-refractivity contribution in [1.29, 1.82) is 0 Å². The summed E-state index contributed by atoms with van der Waals surface area (Å²) in [5.74, 6) is -0.174. The van der Waals surface area contributed by atoms with Gasteiger partial charge in [-0.05, 0) is 25.3 Å². The number of hydrogen-bond donors (Lipinski definition) is 0. The molecule has 0 aliphatic carbocycles. The van der Waals surface area contributed by atoms with E-state index in [1.165, 1.54) is 0 Å². The number of allylic oxidation sites excluding steroid dienone is 2. The van der Waals surface area contributed by atoms with E-state index in [1.54, 1.807) is 6.08 Å². The highest BCUT2D eigenvalue weighted by molar-refractivity contribution is 5.70. The van der Waals surface area contributed by atoms with Gasteiger partial charge in [0.15, 0.2) is 0 Å². The Bertz CT molecular complexity index is 233. The van der Waals surface area contributed by atoms with E-state index in [0.29, 0.717) is 13.0 Å². The highest BCUT2D eigenvalue weighted by Gasteiger charge is 2.18. The highest BCUT2D eigenvalue weighted by Crippen LogP contribution is 2.21. The Kier molecular flexibility index (Phi) is 5.21. The second-order valence-electron chi connectivity index (χ2n) is 4.33. The first-order valence-corrected chi connectivity index (χ1v) is 4.80. The molecule has 0 rings (SSSR count). The fourth-order valence-electron chi connectivity index (χ4n) is 0.796. The quantitative estimate of drug-likeness (QED) is 0.499. The van der Waals surface area contributed by atoms with E-state index in [9.17, 15) is 4.79 Å². The van der Waals surface area contributed by atoms with Crippen molar-refractivity contribution in [1.82, 2.24) is 0 Å².